The molecule has 1 spiro atoms. The van der Waals surface area contributed by atoms with Gasteiger partial charge in [-0.25, -0.2) is 9.97 Å². The van der Waals surface area contributed by atoms with Crippen LogP contribution in [0, 0.1) is 5.41 Å². The summed E-state index contributed by atoms with van der Waals surface area (Å²) in [5.41, 5.74) is 7.84. The van der Waals surface area contributed by atoms with Crippen LogP contribution in [-0.4, -0.2) is 60.5 Å². The van der Waals surface area contributed by atoms with E-state index >= 15 is 0 Å². The van der Waals surface area contributed by atoms with Gasteiger partial charge in [0.05, 0.1) is 18.0 Å². The number of carbonyl (C=O) groups is 1. The fourth-order valence-corrected chi connectivity index (χ4v) is 4.19. The molecule has 4 N–H and O–H groups in total. The van der Waals surface area contributed by atoms with Gasteiger partial charge >= 0.3 is 0 Å². The largest absolute Gasteiger partial charge is 0.491 e. The average Bonchev–Trinajstić information content (AvgIpc) is 3.15. The lowest BCUT2D eigenvalue weighted by Gasteiger charge is -2.39. The second kappa shape index (κ2) is 8.89. The van der Waals surface area contributed by atoms with Gasteiger partial charge in [-0.15, -0.1) is 0 Å². The maximum absolute atomic E-state index is 11.7. The van der Waals surface area contributed by atoms with Crippen LogP contribution in [-0.2, 0) is 9.53 Å². The van der Waals surface area contributed by atoms with Crippen LogP contribution in [0.3, 0.4) is 0 Å². The topological polar surface area (TPSA) is 126 Å². The Labute approximate surface area is 181 Å². The van der Waals surface area contributed by atoms with Gasteiger partial charge in [-0.3, -0.25) is 10.2 Å². The highest BCUT2D eigenvalue weighted by Crippen LogP contribution is 2.33. The number of hydrogen-bond acceptors (Lipinski definition) is 8. The number of nitrogen functional groups attached to an aromatic ring is 1. The highest BCUT2D eigenvalue weighted by Gasteiger charge is 2.40. The molecular weight excluding hydrogens is 396 g/mol. The molecule has 2 fully saturated rings. The number of anilines is 2. The second-order valence-corrected chi connectivity index (χ2v) is 8.04. The van der Waals surface area contributed by atoms with Gasteiger partial charge in [0.1, 0.15) is 24.5 Å². The van der Waals surface area contributed by atoms with Crippen molar-refractivity contribution in [2.45, 2.75) is 31.2 Å². The molecular formula is C22H28N6O3. The van der Waals surface area contributed by atoms with Crippen LogP contribution >= 0.6 is 0 Å². The summed E-state index contributed by atoms with van der Waals surface area (Å²) in [5, 5.41) is 11.8. The summed E-state index contributed by atoms with van der Waals surface area (Å²) in [5.74, 6) is 1.55. The Hall–Kier alpha value is -3.20. The van der Waals surface area contributed by atoms with E-state index in [1.54, 1.807) is 25.3 Å². The van der Waals surface area contributed by atoms with E-state index in [2.05, 4.69) is 20.2 Å². The number of nitrogens with one attached hydrogen (secondary N) is 2. The molecule has 2 aliphatic heterocycles. The minimum Gasteiger partial charge on any atom is -0.491 e. The van der Waals surface area contributed by atoms with Crippen LogP contribution in [0.2, 0.25) is 0 Å². The van der Waals surface area contributed by atoms with Crippen LogP contribution < -0.4 is 20.7 Å². The summed E-state index contributed by atoms with van der Waals surface area (Å²) >= 11 is 0. The van der Waals surface area contributed by atoms with Gasteiger partial charge in [-0.05, 0) is 37.5 Å². The van der Waals surface area contributed by atoms with Crippen molar-refractivity contribution in [3.8, 4) is 5.75 Å². The Kier molecular flexibility index (Phi) is 6.03. The number of amides is 1. The highest BCUT2D eigenvalue weighted by molar-refractivity contribution is 6.13. The van der Waals surface area contributed by atoms with Crippen molar-refractivity contribution < 1.29 is 14.3 Å². The quantitative estimate of drug-likeness (QED) is 0.351. The molecule has 0 aliphatic carbocycles. The molecule has 2 saturated heterocycles. The van der Waals surface area contributed by atoms with Crippen molar-refractivity contribution in [3.63, 3.8) is 0 Å². The number of hydrogen-bond donors (Lipinski definition) is 3. The van der Waals surface area contributed by atoms with Gasteiger partial charge in [0.2, 0.25) is 5.91 Å². The monoisotopic (exact) mass is 424 g/mol. The van der Waals surface area contributed by atoms with E-state index in [1.165, 1.54) is 6.33 Å². The molecule has 1 aromatic carbocycles. The van der Waals surface area contributed by atoms with E-state index in [-0.39, 0.29) is 17.2 Å². The van der Waals surface area contributed by atoms with Crippen molar-refractivity contribution >= 4 is 23.1 Å². The maximum atomic E-state index is 11.7. The Morgan fingerprint density at radius 1 is 1.23 bits per heavy atom. The molecule has 9 heteroatoms. The van der Waals surface area contributed by atoms with Crippen molar-refractivity contribution in [1.82, 2.24) is 15.3 Å². The van der Waals surface area contributed by atoms with Crippen LogP contribution in [0.15, 0.2) is 30.6 Å². The molecule has 1 aromatic heterocycles. The van der Waals surface area contributed by atoms with Crippen LogP contribution in [0.4, 0.5) is 11.5 Å². The number of methoxy groups -OCH3 is 1. The predicted octanol–water partition coefficient (Wildman–Crippen LogP) is 1.75. The standard InChI is InChI=1S/C22H28N6O3/c1-30-10-11-31-15-2-3-17(23)16(12-15)21(24)18-13-19(26-14-25-18)28-8-6-22(7-9-28)5-4-20(29)27-22/h2-3,12-14,24H,4-11,23H2,1H3,(H,27,29). The number of ether oxygens (including phenoxy) is 2. The van der Waals surface area contributed by atoms with Crippen LogP contribution in [0.25, 0.3) is 0 Å². The first-order valence-electron chi connectivity index (χ1n) is 10.5. The molecule has 9 nitrogen and oxygen atoms in total. The Bertz CT molecular complexity index is 971. The number of piperidine rings is 1. The molecule has 0 atom stereocenters. The summed E-state index contributed by atoms with van der Waals surface area (Å²) < 4.78 is 10.7. The number of carbonyl (C=O) groups excluding carboxylic acids is 1. The Morgan fingerprint density at radius 2 is 2.03 bits per heavy atom. The van der Waals surface area contributed by atoms with E-state index in [1.807, 2.05) is 6.07 Å². The summed E-state index contributed by atoms with van der Waals surface area (Å²) in [6, 6.07) is 7.08. The zero-order chi connectivity index (χ0) is 21.8. The predicted molar refractivity (Wildman–Crippen MR) is 118 cm³/mol. The third kappa shape index (κ3) is 4.61. The normalized spacial score (nSPS) is 17.6. The first-order chi connectivity index (χ1) is 15.0. The summed E-state index contributed by atoms with van der Waals surface area (Å²) in [6.07, 6.45) is 4.79. The van der Waals surface area contributed by atoms with Gasteiger partial charge < -0.3 is 25.4 Å². The molecule has 31 heavy (non-hydrogen) atoms. The fraction of sp³-hybridized carbons (Fsp3) is 0.455. The summed E-state index contributed by atoms with van der Waals surface area (Å²) in [7, 11) is 1.62. The van der Waals surface area contributed by atoms with Crippen LogP contribution in [0.1, 0.15) is 36.9 Å². The number of benzene rings is 1. The van der Waals surface area contributed by atoms with Gasteiger partial charge in [-0.1, -0.05) is 0 Å². The molecule has 0 unspecified atom stereocenters. The number of aromatic nitrogens is 2. The van der Waals surface area contributed by atoms with Crippen molar-refractivity contribution in [3.05, 3.63) is 41.9 Å². The lowest BCUT2D eigenvalue weighted by atomic mass is 9.86. The molecule has 1 amide bonds. The first-order valence-corrected chi connectivity index (χ1v) is 10.5. The SMILES string of the molecule is COCCOc1ccc(N)c(C(=N)c2cc(N3CCC4(CCC(=O)N4)CC3)ncn2)c1. The van der Waals surface area contributed by atoms with Crippen LogP contribution in [0.5, 0.6) is 5.75 Å². The van der Waals surface area contributed by atoms with Gasteiger partial charge in [-0.2, -0.15) is 0 Å². The average molecular weight is 425 g/mol. The summed E-state index contributed by atoms with van der Waals surface area (Å²) in [6.45, 7) is 2.50. The van der Waals surface area contributed by atoms with Crippen molar-refractivity contribution in [2.24, 2.45) is 0 Å². The van der Waals surface area contributed by atoms with E-state index in [0.717, 1.165) is 38.2 Å². The molecule has 0 saturated carbocycles. The minimum absolute atomic E-state index is 0.0616. The highest BCUT2D eigenvalue weighted by atomic mass is 16.5. The van der Waals surface area contributed by atoms with Crippen molar-refractivity contribution in [2.75, 3.05) is 44.0 Å². The molecule has 2 aromatic rings. The lowest BCUT2D eigenvalue weighted by molar-refractivity contribution is -0.119. The molecule has 2 aliphatic rings. The van der Waals surface area contributed by atoms with E-state index in [0.29, 0.717) is 42.3 Å². The smallest absolute Gasteiger partial charge is 0.220 e. The van der Waals surface area contributed by atoms with E-state index in [9.17, 15) is 4.79 Å². The third-order valence-electron chi connectivity index (χ3n) is 6.04. The van der Waals surface area contributed by atoms with E-state index in [4.69, 9.17) is 20.6 Å². The molecule has 4 rings (SSSR count). The second-order valence-electron chi connectivity index (χ2n) is 8.04. The number of nitrogens with zero attached hydrogens (tertiary/aromatic N) is 3. The lowest BCUT2D eigenvalue weighted by Crippen LogP contribution is -2.51. The number of nitrogens with two attached hydrogens (primary N) is 1. The zero-order valence-electron chi connectivity index (χ0n) is 17.7. The Balaban J connectivity index is 1.48. The summed E-state index contributed by atoms with van der Waals surface area (Å²) in [4.78, 5) is 22.6. The van der Waals surface area contributed by atoms with Crippen molar-refractivity contribution in [1.29, 1.82) is 5.41 Å². The van der Waals surface area contributed by atoms with Gasteiger partial charge in [0.15, 0.2) is 0 Å². The fourth-order valence-electron chi connectivity index (χ4n) is 4.19. The first kappa shape index (κ1) is 21.0. The van der Waals surface area contributed by atoms with Gasteiger partial charge in [0, 0.05) is 49.5 Å². The Morgan fingerprint density at radius 3 is 2.74 bits per heavy atom. The van der Waals surface area contributed by atoms with E-state index < -0.39 is 0 Å². The van der Waals surface area contributed by atoms with Gasteiger partial charge in [0.25, 0.3) is 0 Å². The maximum Gasteiger partial charge on any atom is 0.220 e. The molecule has 164 valence electrons. The zero-order valence-corrected chi connectivity index (χ0v) is 17.7. The molecule has 0 radical (unpaired) electrons. The number of rotatable bonds is 7. The third-order valence-corrected chi connectivity index (χ3v) is 6.04. The molecule has 0 bridgehead atoms. The minimum atomic E-state index is -0.0616. The molecule has 3 heterocycles.